The largest absolute Gasteiger partial charge is 0.456 e. The van der Waals surface area contributed by atoms with Crippen LogP contribution in [-0.4, -0.2) is 8.42 Å². The predicted octanol–water partition coefficient (Wildman–Crippen LogP) is 4.70. The quantitative estimate of drug-likeness (QED) is 0.626. The number of sulfonamides is 1. The van der Waals surface area contributed by atoms with Gasteiger partial charge in [0.2, 0.25) is 0 Å². The Bertz CT molecular complexity index is 1050. The fourth-order valence-corrected chi connectivity index (χ4v) is 3.73. The van der Waals surface area contributed by atoms with E-state index < -0.39 is 10.0 Å². The lowest BCUT2D eigenvalue weighted by atomic mass is 10.1. The van der Waals surface area contributed by atoms with E-state index in [2.05, 4.69) is 4.72 Å². The molecule has 3 aromatic carbocycles. The van der Waals surface area contributed by atoms with Gasteiger partial charge < -0.3 is 10.5 Å². The molecule has 3 rings (SSSR count). The molecule has 0 saturated heterocycles. The number of nitrogens with one attached hydrogen (secondary N) is 1. The Hall–Kier alpha value is -2.54. The van der Waals surface area contributed by atoms with Gasteiger partial charge in [-0.2, -0.15) is 0 Å². The third-order valence-electron chi connectivity index (χ3n) is 4.02. The van der Waals surface area contributed by atoms with Gasteiger partial charge in [-0.25, -0.2) is 8.42 Å². The van der Waals surface area contributed by atoms with Gasteiger partial charge in [0, 0.05) is 12.2 Å². The summed E-state index contributed by atoms with van der Waals surface area (Å²) < 4.78 is 33.5. The lowest BCUT2D eigenvalue weighted by Crippen LogP contribution is -2.13. The predicted molar refractivity (Wildman–Crippen MR) is 108 cm³/mol. The molecule has 0 atom stereocenters. The highest BCUT2D eigenvalue weighted by molar-refractivity contribution is 7.92. The number of aryl methyl sites for hydroxylation is 1. The Morgan fingerprint density at radius 1 is 1.04 bits per heavy atom. The zero-order valence-corrected chi connectivity index (χ0v) is 16.2. The highest BCUT2D eigenvalue weighted by Crippen LogP contribution is 2.29. The molecular formula is C20H19ClN2O3S. The van der Waals surface area contributed by atoms with E-state index >= 15 is 0 Å². The molecule has 0 aliphatic carbocycles. The monoisotopic (exact) mass is 402 g/mol. The van der Waals surface area contributed by atoms with Crippen LogP contribution in [0, 0.1) is 6.92 Å². The maximum absolute atomic E-state index is 12.6. The van der Waals surface area contributed by atoms with Crippen LogP contribution < -0.4 is 15.2 Å². The highest BCUT2D eigenvalue weighted by Gasteiger charge is 2.15. The lowest BCUT2D eigenvalue weighted by Gasteiger charge is -2.12. The molecule has 0 aliphatic rings. The number of halogens is 1. The molecule has 0 heterocycles. The number of rotatable bonds is 6. The van der Waals surface area contributed by atoms with Crippen molar-refractivity contribution in [2.45, 2.75) is 18.4 Å². The smallest absolute Gasteiger partial charge is 0.261 e. The maximum Gasteiger partial charge on any atom is 0.261 e. The lowest BCUT2D eigenvalue weighted by molar-refractivity contribution is 0.482. The van der Waals surface area contributed by atoms with Crippen LogP contribution in [0.4, 0.5) is 5.69 Å². The first-order valence-electron chi connectivity index (χ1n) is 8.24. The number of ether oxygens (including phenoxy) is 1. The molecule has 3 aromatic rings. The van der Waals surface area contributed by atoms with Crippen molar-refractivity contribution in [3.05, 3.63) is 82.9 Å². The summed E-state index contributed by atoms with van der Waals surface area (Å²) in [5.41, 5.74) is 8.06. The van der Waals surface area contributed by atoms with Crippen molar-refractivity contribution in [1.29, 1.82) is 0 Å². The molecule has 0 aromatic heterocycles. The van der Waals surface area contributed by atoms with Crippen molar-refractivity contribution in [2.75, 3.05) is 4.72 Å². The molecule has 0 spiro atoms. The Kier molecular flexibility index (Phi) is 5.70. The van der Waals surface area contributed by atoms with Crippen molar-refractivity contribution >= 4 is 27.3 Å². The van der Waals surface area contributed by atoms with Gasteiger partial charge in [0.25, 0.3) is 10.0 Å². The number of hydrogen-bond acceptors (Lipinski definition) is 4. The van der Waals surface area contributed by atoms with Gasteiger partial charge in [-0.15, -0.1) is 0 Å². The standard InChI is InChI=1S/C20H19ClN2O3S/c1-14-6-7-16(12-15(14)13-22)23-27(24,25)18-10-8-17(9-11-18)26-20-5-3-2-4-19(20)21/h2-12,23H,13,22H2,1H3. The topological polar surface area (TPSA) is 81.4 Å². The van der Waals surface area contributed by atoms with Gasteiger partial charge in [-0.1, -0.05) is 29.8 Å². The van der Waals surface area contributed by atoms with Crippen LogP contribution in [0.2, 0.25) is 5.02 Å². The van der Waals surface area contributed by atoms with E-state index in [1.807, 2.05) is 13.0 Å². The van der Waals surface area contributed by atoms with Crippen molar-refractivity contribution in [3.8, 4) is 11.5 Å². The van der Waals surface area contributed by atoms with E-state index in [9.17, 15) is 8.42 Å². The number of benzene rings is 3. The summed E-state index contributed by atoms with van der Waals surface area (Å²) in [6.45, 7) is 2.27. The first-order chi connectivity index (χ1) is 12.9. The molecule has 0 radical (unpaired) electrons. The summed E-state index contributed by atoms with van der Waals surface area (Å²) >= 11 is 6.06. The molecule has 7 heteroatoms. The molecule has 0 aliphatic heterocycles. The summed E-state index contributed by atoms with van der Waals surface area (Å²) in [5.74, 6) is 0.990. The Labute approximate surface area is 163 Å². The molecule has 140 valence electrons. The molecule has 0 unspecified atom stereocenters. The third-order valence-corrected chi connectivity index (χ3v) is 5.73. The molecule has 0 saturated carbocycles. The first kappa shape index (κ1) is 19.2. The summed E-state index contributed by atoms with van der Waals surface area (Å²) in [4.78, 5) is 0.129. The van der Waals surface area contributed by atoms with E-state index in [1.54, 1.807) is 48.5 Å². The molecule has 0 fully saturated rings. The Morgan fingerprint density at radius 2 is 1.74 bits per heavy atom. The van der Waals surface area contributed by atoms with Crippen LogP contribution in [0.3, 0.4) is 0 Å². The summed E-state index contributed by atoms with van der Waals surface area (Å²) in [6, 6.07) is 18.5. The number of hydrogen-bond donors (Lipinski definition) is 2. The normalized spacial score (nSPS) is 11.2. The van der Waals surface area contributed by atoms with E-state index in [0.29, 0.717) is 28.8 Å². The van der Waals surface area contributed by atoms with Gasteiger partial charge in [0.15, 0.2) is 0 Å². The zero-order chi connectivity index (χ0) is 19.4. The molecular weight excluding hydrogens is 384 g/mol. The van der Waals surface area contributed by atoms with E-state index in [1.165, 1.54) is 12.1 Å². The van der Waals surface area contributed by atoms with E-state index in [-0.39, 0.29) is 4.90 Å². The van der Waals surface area contributed by atoms with Gasteiger partial charge >= 0.3 is 0 Å². The second-order valence-corrected chi connectivity index (χ2v) is 8.04. The fraction of sp³-hybridized carbons (Fsp3) is 0.100. The zero-order valence-electron chi connectivity index (χ0n) is 14.6. The number of para-hydroxylation sites is 1. The molecule has 27 heavy (non-hydrogen) atoms. The summed E-state index contributed by atoms with van der Waals surface area (Å²) in [6.07, 6.45) is 0. The van der Waals surface area contributed by atoms with Crippen LogP contribution in [-0.2, 0) is 16.6 Å². The van der Waals surface area contributed by atoms with Crippen LogP contribution in [0.5, 0.6) is 11.5 Å². The maximum atomic E-state index is 12.6. The van der Waals surface area contributed by atoms with Crippen molar-refractivity contribution in [2.24, 2.45) is 5.73 Å². The van der Waals surface area contributed by atoms with Crippen LogP contribution in [0.25, 0.3) is 0 Å². The second kappa shape index (κ2) is 8.00. The number of nitrogens with two attached hydrogens (primary N) is 1. The minimum atomic E-state index is -3.72. The van der Waals surface area contributed by atoms with Crippen LogP contribution in [0.15, 0.2) is 71.6 Å². The Morgan fingerprint density at radius 3 is 2.41 bits per heavy atom. The van der Waals surface area contributed by atoms with Crippen molar-refractivity contribution in [1.82, 2.24) is 0 Å². The van der Waals surface area contributed by atoms with Gasteiger partial charge in [-0.05, 0) is 66.6 Å². The third kappa shape index (κ3) is 4.60. The molecule has 3 N–H and O–H groups in total. The average molecular weight is 403 g/mol. The van der Waals surface area contributed by atoms with Gasteiger partial charge in [0.1, 0.15) is 11.5 Å². The Balaban J connectivity index is 1.78. The minimum Gasteiger partial charge on any atom is -0.456 e. The fourth-order valence-electron chi connectivity index (χ4n) is 2.51. The molecule has 5 nitrogen and oxygen atoms in total. The summed E-state index contributed by atoms with van der Waals surface area (Å²) in [5, 5.41) is 0.478. The van der Waals surface area contributed by atoms with Crippen LogP contribution in [0.1, 0.15) is 11.1 Å². The minimum absolute atomic E-state index is 0.129. The van der Waals surface area contributed by atoms with Crippen LogP contribution >= 0.6 is 11.6 Å². The van der Waals surface area contributed by atoms with Gasteiger partial charge in [-0.3, -0.25) is 4.72 Å². The number of anilines is 1. The summed E-state index contributed by atoms with van der Waals surface area (Å²) in [7, 11) is -3.72. The molecule has 0 amide bonds. The molecule has 0 bridgehead atoms. The highest BCUT2D eigenvalue weighted by atomic mass is 35.5. The van der Waals surface area contributed by atoms with Crippen molar-refractivity contribution < 1.29 is 13.2 Å². The average Bonchev–Trinajstić information content (AvgIpc) is 2.65. The SMILES string of the molecule is Cc1ccc(NS(=O)(=O)c2ccc(Oc3ccccc3Cl)cc2)cc1CN. The van der Waals surface area contributed by atoms with Gasteiger partial charge in [0.05, 0.1) is 9.92 Å². The van der Waals surface area contributed by atoms with E-state index in [0.717, 1.165) is 11.1 Å². The first-order valence-corrected chi connectivity index (χ1v) is 10.1. The van der Waals surface area contributed by atoms with E-state index in [4.69, 9.17) is 22.1 Å². The second-order valence-electron chi connectivity index (χ2n) is 5.95. The van der Waals surface area contributed by atoms with Crippen molar-refractivity contribution in [3.63, 3.8) is 0 Å².